The minimum atomic E-state index is -0.461. The Bertz CT molecular complexity index is 1530. The van der Waals surface area contributed by atoms with Crippen LogP contribution in [-0.2, 0) is 16.6 Å². The lowest BCUT2D eigenvalue weighted by molar-refractivity contribution is -0.115. The highest BCUT2D eigenvalue weighted by Gasteiger charge is 2.43. The molecule has 2 aliphatic carbocycles. The standard InChI is InChI=1S/C32H31N3O2S/c1-22(29(36)33-24-14-5-2-6-15-24)38-31-34-28-26-18-10-9-13-23(26)21-32(19-11-4-12-20-32)27(28)30(37)35(31)25-16-7-3-8-17-25/h2-3,5-10,13-18,22H,4,11-12,19-21H2,1H3,(H,33,36)/t22-/m0/s1. The summed E-state index contributed by atoms with van der Waals surface area (Å²) in [5.74, 6) is -0.128. The summed E-state index contributed by atoms with van der Waals surface area (Å²) in [5.41, 5.74) is 5.27. The molecule has 0 unspecified atom stereocenters. The van der Waals surface area contributed by atoms with E-state index in [0.29, 0.717) is 5.16 Å². The number of carbonyl (C=O) groups is 1. The van der Waals surface area contributed by atoms with Crippen LogP contribution in [0.4, 0.5) is 5.69 Å². The van der Waals surface area contributed by atoms with Crippen LogP contribution in [0.25, 0.3) is 16.9 Å². The van der Waals surface area contributed by atoms with Crippen LogP contribution in [0.3, 0.4) is 0 Å². The second-order valence-electron chi connectivity index (χ2n) is 10.4. The first-order valence-corrected chi connectivity index (χ1v) is 14.3. The van der Waals surface area contributed by atoms with Crippen molar-refractivity contribution >= 4 is 23.4 Å². The zero-order valence-corrected chi connectivity index (χ0v) is 22.3. The maximum atomic E-state index is 14.6. The van der Waals surface area contributed by atoms with E-state index in [9.17, 15) is 9.59 Å². The number of thioether (sulfide) groups is 1. The second-order valence-corrected chi connectivity index (χ2v) is 11.7. The number of carbonyl (C=O) groups excluding carboxylic acids is 1. The summed E-state index contributed by atoms with van der Waals surface area (Å²) in [7, 11) is 0. The summed E-state index contributed by atoms with van der Waals surface area (Å²) in [6.07, 6.45) is 6.34. The molecule has 3 aromatic carbocycles. The van der Waals surface area contributed by atoms with Crippen LogP contribution in [0.1, 0.15) is 50.2 Å². The van der Waals surface area contributed by atoms with Gasteiger partial charge < -0.3 is 5.32 Å². The van der Waals surface area contributed by atoms with Gasteiger partial charge in [-0.2, -0.15) is 0 Å². The van der Waals surface area contributed by atoms with Gasteiger partial charge in [0, 0.05) is 16.7 Å². The van der Waals surface area contributed by atoms with Gasteiger partial charge in [-0.3, -0.25) is 14.2 Å². The Morgan fingerprint density at radius 2 is 1.58 bits per heavy atom. The molecule has 2 aliphatic rings. The van der Waals surface area contributed by atoms with Crippen molar-refractivity contribution in [1.82, 2.24) is 9.55 Å². The Morgan fingerprint density at radius 1 is 0.921 bits per heavy atom. The molecule has 4 aromatic rings. The molecule has 0 radical (unpaired) electrons. The van der Waals surface area contributed by atoms with E-state index in [0.717, 1.165) is 60.3 Å². The number of anilines is 1. The van der Waals surface area contributed by atoms with Gasteiger partial charge in [-0.1, -0.05) is 91.7 Å². The highest BCUT2D eigenvalue weighted by molar-refractivity contribution is 8.00. The second kappa shape index (κ2) is 10.3. The van der Waals surface area contributed by atoms with Gasteiger partial charge in [-0.25, -0.2) is 4.98 Å². The summed E-state index contributed by atoms with van der Waals surface area (Å²) in [6.45, 7) is 1.86. The lowest BCUT2D eigenvalue weighted by Gasteiger charge is -2.42. The molecular weight excluding hydrogens is 490 g/mol. The van der Waals surface area contributed by atoms with Crippen LogP contribution in [0.15, 0.2) is 94.9 Å². The number of nitrogens with one attached hydrogen (secondary N) is 1. The van der Waals surface area contributed by atoms with Crippen LogP contribution in [0.5, 0.6) is 0 Å². The van der Waals surface area contributed by atoms with Gasteiger partial charge in [0.2, 0.25) is 5.91 Å². The molecule has 5 nitrogen and oxygen atoms in total. The van der Waals surface area contributed by atoms with Crippen molar-refractivity contribution in [1.29, 1.82) is 0 Å². The summed E-state index contributed by atoms with van der Waals surface area (Å²) < 4.78 is 1.74. The third-order valence-electron chi connectivity index (χ3n) is 7.90. The SMILES string of the molecule is C[C@H](Sc1nc2c(c(=O)n1-c1ccccc1)C1(CCCCC1)Cc1ccccc1-2)C(=O)Nc1ccccc1. The van der Waals surface area contributed by atoms with Crippen molar-refractivity contribution in [2.45, 2.75) is 61.3 Å². The molecule has 1 N–H and O–H groups in total. The van der Waals surface area contributed by atoms with Crippen molar-refractivity contribution < 1.29 is 4.79 Å². The highest BCUT2D eigenvalue weighted by Crippen LogP contribution is 2.49. The van der Waals surface area contributed by atoms with E-state index >= 15 is 0 Å². The van der Waals surface area contributed by atoms with E-state index in [1.54, 1.807) is 4.57 Å². The molecule has 1 saturated carbocycles. The smallest absolute Gasteiger partial charge is 0.263 e. The number of hydrogen-bond acceptors (Lipinski definition) is 4. The molecule has 38 heavy (non-hydrogen) atoms. The van der Waals surface area contributed by atoms with Crippen molar-refractivity contribution in [3.63, 3.8) is 0 Å². The Labute approximate surface area is 227 Å². The van der Waals surface area contributed by atoms with Crippen molar-refractivity contribution in [3.8, 4) is 16.9 Å². The van der Waals surface area contributed by atoms with Crippen molar-refractivity contribution in [2.75, 3.05) is 5.32 Å². The third-order valence-corrected chi connectivity index (χ3v) is 8.95. The van der Waals surface area contributed by atoms with Crippen LogP contribution in [-0.4, -0.2) is 20.7 Å². The first-order chi connectivity index (χ1) is 18.6. The van der Waals surface area contributed by atoms with E-state index in [1.165, 1.54) is 23.7 Å². The Balaban J connectivity index is 1.50. The van der Waals surface area contributed by atoms with Gasteiger partial charge in [-0.05, 0) is 56.0 Å². The van der Waals surface area contributed by atoms with Gasteiger partial charge >= 0.3 is 0 Å². The van der Waals surface area contributed by atoms with Gasteiger partial charge in [0.25, 0.3) is 5.56 Å². The topological polar surface area (TPSA) is 64.0 Å². The number of para-hydroxylation sites is 2. The number of amides is 1. The highest BCUT2D eigenvalue weighted by atomic mass is 32.2. The molecule has 192 valence electrons. The number of aromatic nitrogens is 2. The lowest BCUT2D eigenvalue weighted by atomic mass is 9.62. The molecule has 1 spiro atoms. The normalized spacial score (nSPS) is 16.3. The Hall–Kier alpha value is -3.64. The monoisotopic (exact) mass is 521 g/mol. The van der Waals surface area contributed by atoms with Gasteiger partial charge in [-0.15, -0.1) is 0 Å². The molecule has 6 heteroatoms. The van der Waals surface area contributed by atoms with E-state index in [2.05, 4.69) is 23.5 Å². The predicted molar refractivity (Wildman–Crippen MR) is 154 cm³/mol. The number of nitrogens with zero attached hydrogens (tertiary/aromatic N) is 2. The number of benzene rings is 3. The number of rotatable bonds is 5. The molecule has 0 saturated heterocycles. The largest absolute Gasteiger partial charge is 0.325 e. The fraction of sp³-hybridized carbons (Fsp3) is 0.281. The van der Waals surface area contributed by atoms with E-state index in [4.69, 9.17) is 4.98 Å². The Morgan fingerprint density at radius 3 is 2.32 bits per heavy atom. The lowest BCUT2D eigenvalue weighted by Crippen LogP contribution is -2.43. The molecule has 1 atom stereocenters. The Kier molecular flexibility index (Phi) is 6.66. The van der Waals surface area contributed by atoms with Gasteiger partial charge in [0.15, 0.2) is 5.16 Å². The number of fused-ring (bicyclic) bond motifs is 4. The zero-order valence-electron chi connectivity index (χ0n) is 21.5. The molecule has 1 heterocycles. The predicted octanol–water partition coefficient (Wildman–Crippen LogP) is 6.78. The zero-order chi connectivity index (χ0) is 26.1. The quantitative estimate of drug-likeness (QED) is 0.232. The fourth-order valence-corrected chi connectivity index (χ4v) is 6.97. The summed E-state index contributed by atoms with van der Waals surface area (Å²) >= 11 is 1.33. The van der Waals surface area contributed by atoms with Crippen LogP contribution < -0.4 is 10.9 Å². The summed E-state index contributed by atoms with van der Waals surface area (Å²) in [5, 5.41) is 3.06. The third kappa shape index (κ3) is 4.47. The van der Waals surface area contributed by atoms with Crippen LogP contribution in [0, 0.1) is 0 Å². The fourth-order valence-electron chi connectivity index (χ4n) is 6.05. The first-order valence-electron chi connectivity index (χ1n) is 13.4. The molecule has 1 aromatic heterocycles. The van der Waals surface area contributed by atoms with Gasteiger partial charge in [0.1, 0.15) is 0 Å². The van der Waals surface area contributed by atoms with Gasteiger partial charge in [0.05, 0.1) is 22.2 Å². The number of hydrogen-bond donors (Lipinski definition) is 1. The van der Waals surface area contributed by atoms with Crippen LogP contribution >= 0.6 is 11.8 Å². The maximum Gasteiger partial charge on any atom is 0.263 e. The maximum absolute atomic E-state index is 14.6. The van der Waals surface area contributed by atoms with E-state index < -0.39 is 5.25 Å². The minimum absolute atomic E-state index is 0.00392. The molecule has 1 amide bonds. The van der Waals surface area contributed by atoms with Crippen molar-refractivity contribution in [3.05, 3.63) is 106 Å². The minimum Gasteiger partial charge on any atom is -0.325 e. The van der Waals surface area contributed by atoms with Crippen molar-refractivity contribution in [2.24, 2.45) is 0 Å². The molecule has 6 rings (SSSR count). The molecule has 0 aliphatic heterocycles. The first kappa shape index (κ1) is 24.7. The van der Waals surface area contributed by atoms with Crippen LogP contribution in [0.2, 0.25) is 0 Å². The average molecular weight is 522 g/mol. The van der Waals surface area contributed by atoms with E-state index in [1.807, 2.05) is 73.7 Å². The average Bonchev–Trinajstić information content (AvgIpc) is 2.94. The summed E-state index contributed by atoms with van der Waals surface area (Å²) in [6, 6.07) is 27.5. The molecule has 1 fully saturated rings. The summed E-state index contributed by atoms with van der Waals surface area (Å²) in [4.78, 5) is 32.9. The molecule has 0 bridgehead atoms. The molecular formula is C32H31N3O2S. The van der Waals surface area contributed by atoms with E-state index in [-0.39, 0.29) is 16.9 Å².